The van der Waals surface area contributed by atoms with E-state index in [0.29, 0.717) is 27.0 Å². The van der Waals surface area contributed by atoms with Crippen LogP contribution in [0.1, 0.15) is 33.3 Å². The van der Waals surface area contributed by atoms with Crippen molar-refractivity contribution < 1.29 is 14.4 Å². The molecule has 0 saturated carbocycles. The summed E-state index contributed by atoms with van der Waals surface area (Å²) in [5, 5.41) is 5.36. The molecule has 0 fully saturated rings. The molecular weight excluding hydrogens is 398 g/mol. The lowest BCUT2D eigenvalue weighted by Crippen LogP contribution is -2.37. The summed E-state index contributed by atoms with van der Waals surface area (Å²) in [7, 11) is 0. The molecule has 1 N–H and O–H groups in total. The first-order valence-corrected chi connectivity index (χ1v) is 9.54. The summed E-state index contributed by atoms with van der Waals surface area (Å²) >= 11 is 7.06. The molecule has 1 aliphatic heterocycles. The molecule has 1 aromatic carbocycles. The van der Waals surface area contributed by atoms with E-state index in [1.807, 2.05) is 0 Å². The standard InChI is InChI=1S/C20H16ClN3O3S/c1-3-13(9-8-12(2)21)16-11-28-20(22-16)23-17(25)10-24-18(26)14-6-4-5-7-15(14)19(24)27/h3-9,11H,1,10H2,2H3,(H,22,23,25). The zero-order chi connectivity index (χ0) is 20.3. The number of carbonyl (C=O) groups excluding carboxylic acids is 3. The van der Waals surface area contributed by atoms with Crippen LogP contribution in [-0.2, 0) is 4.79 Å². The van der Waals surface area contributed by atoms with Gasteiger partial charge in [0, 0.05) is 16.0 Å². The third-order valence-corrected chi connectivity index (χ3v) is 4.82. The molecule has 1 aliphatic rings. The average Bonchev–Trinajstić information content (AvgIpc) is 3.21. The molecular formula is C20H16ClN3O3S. The smallest absolute Gasteiger partial charge is 0.262 e. The van der Waals surface area contributed by atoms with Crippen molar-refractivity contribution in [3.63, 3.8) is 0 Å². The number of carbonyl (C=O) groups is 3. The third kappa shape index (κ3) is 4.11. The number of aromatic nitrogens is 1. The predicted octanol–water partition coefficient (Wildman–Crippen LogP) is 4.09. The van der Waals surface area contributed by atoms with Crippen molar-refractivity contribution in [2.24, 2.45) is 0 Å². The number of anilines is 1. The number of imide groups is 1. The number of benzene rings is 1. The maximum atomic E-state index is 12.3. The number of thiazole rings is 1. The molecule has 0 unspecified atom stereocenters. The van der Waals surface area contributed by atoms with Crippen LogP contribution in [0, 0.1) is 0 Å². The number of halogens is 1. The first kappa shape index (κ1) is 19.7. The monoisotopic (exact) mass is 413 g/mol. The van der Waals surface area contributed by atoms with Crippen LogP contribution in [0.3, 0.4) is 0 Å². The van der Waals surface area contributed by atoms with E-state index >= 15 is 0 Å². The Labute approximate surface area is 170 Å². The summed E-state index contributed by atoms with van der Waals surface area (Å²) in [6, 6.07) is 6.49. The van der Waals surface area contributed by atoms with Gasteiger partial charge in [0.1, 0.15) is 6.54 Å². The third-order valence-electron chi connectivity index (χ3n) is 3.94. The molecule has 8 heteroatoms. The molecule has 1 aromatic heterocycles. The zero-order valence-corrected chi connectivity index (χ0v) is 16.5. The van der Waals surface area contributed by atoms with Gasteiger partial charge in [0.05, 0.1) is 16.8 Å². The Morgan fingerprint density at radius 2 is 1.89 bits per heavy atom. The molecule has 2 heterocycles. The number of amides is 3. The van der Waals surface area contributed by atoms with Crippen LogP contribution in [0.4, 0.5) is 5.13 Å². The molecule has 3 amide bonds. The molecule has 0 radical (unpaired) electrons. The van der Waals surface area contributed by atoms with E-state index in [9.17, 15) is 14.4 Å². The van der Waals surface area contributed by atoms with Gasteiger partial charge in [0.15, 0.2) is 5.13 Å². The van der Waals surface area contributed by atoms with Gasteiger partial charge in [-0.2, -0.15) is 0 Å². The quantitative estimate of drug-likeness (QED) is 0.571. The fraction of sp³-hybridized carbons (Fsp3) is 0.100. The van der Waals surface area contributed by atoms with Gasteiger partial charge in [-0.05, 0) is 25.1 Å². The molecule has 3 rings (SSSR count). The number of hydrogen-bond donors (Lipinski definition) is 1. The van der Waals surface area contributed by atoms with Crippen molar-refractivity contribution in [2.75, 3.05) is 11.9 Å². The Hall–Kier alpha value is -3.03. The molecule has 0 saturated heterocycles. The van der Waals surface area contributed by atoms with Crippen molar-refractivity contribution in [3.8, 4) is 0 Å². The van der Waals surface area contributed by atoms with Gasteiger partial charge in [-0.25, -0.2) is 4.98 Å². The Morgan fingerprint density at radius 3 is 2.46 bits per heavy atom. The van der Waals surface area contributed by atoms with Gasteiger partial charge >= 0.3 is 0 Å². The van der Waals surface area contributed by atoms with Crippen molar-refractivity contribution in [2.45, 2.75) is 6.92 Å². The number of hydrogen-bond acceptors (Lipinski definition) is 5. The van der Waals surface area contributed by atoms with Crippen LogP contribution in [-0.4, -0.2) is 34.2 Å². The SMILES string of the molecule is C=CC(=CC=C(C)Cl)c1csc(NC(=O)CN2C(=O)c3ccccc3C2=O)n1. The molecule has 2 aromatic rings. The van der Waals surface area contributed by atoms with Crippen LogP contribution in [0.15, 0.2) is 59.5 Å². The average molecular weight is 414 g/mol. The van der Waals surface area contributed by atoms with E-state index in [-0.39, 0.29) is 6.54 Å². The van der Waals surface area contributed by atoms with Crippen LogP contribution < -0.4 is 5.32 Å². The second kappa shape index (κ2) is 8.33. The van der Waals surface area contributed by atoms with E-state index in [4.69, 9.17) is 11.6 Å². The second-order valence-electron chi connectivity index (χ2n) is 5.91. The first-order chi connectivity index (χ1) is 13.4. The zero-order valence-electron chi connectivity index (χ0n) is 14.9. The molecule has 0 spiro atoms. The Morgan fingerprint density at radius 1 is 1.25 bits per heavy atom. The highest BCUT2D eigenvalue weighted by molar-refractivity contribution is 7.14. The maximum Gasteiger partial charge on any atom is 0.262 e. The van der Waals surface area contributed by atoms with E-state index in [1.165, 1.54) is 11.3 Å². The van der Waals surface area contributed by atoms with Gasteiger partial charge in [-0.1, -0.05) is 42.5 Å². The minimum Gasteiger partial charge on any atom is -0.300 e. The maximum absolute atomic E-state index is 12.3. The van der Waals surface area contributed by atoms with E-state index in [0.717, 1.165) is 10.5 Å². The van der Waals surface area contributed by atoms with Crippen molar-refractivity contribution >= 4 is 51.4 Å². The van der Waals surface area contributed by atoms with Crippen molar-refractivity contribution in [1.82, 2.24) is 9.88 Å². The molecule has 0 bridgehead atoms. The largest absolute Gasteiger partial charge is 0.300 e. The van der Waals surface area contributed by atoms with Gasteiger partial charge in [0.25, 0.3) is 11.8 Å². The Balaban J connectivity index is 1.68. The second-order valence-corrected chi connectivity index (χ2v) is 7.36. The number of nitrogens with zero attached hydrogens (tertiary/aromatic N) is 2. The van der Waals surface area contributed by atoms with Gasteiger partial charge < -0.3 is 5.32 Å². The number of fused-ring (bicyclic) bond motifs is 1. The summed E-state index contributed by atoms with van der Waals surface area (Å²) in [4.78, 5) is 42.3. The lowest BCUT2D eigenvalue weighted by Gasteiger charge is -2.12. The lowest BCUT2D eigenvalue weighted by molar-refractivity contribution is -0.116. The summed E-state index contributed by atoms with van der Waals surface area (Å²) in [5.74, 6) is -1.46. The van der Waals surface area contributed by atoms with Gasteiger partial charge in [-0.15, -0.1) is 11.3 Å². The van der Waals surface area contributed by atoms with Gasteiger partial charge in [0.2, 0.25) is 5.91 Å². The van der Waals surface area contributed by atoms with Crippen molar-refractivity contribution in [1.29, 1.82) is 0 Å². The lowest BCUT2D eigenvalue weighted by atomic mass is 10.1. The molecule has 6 nitrogen and oxygen atoms in total. The minimum atomic E-state index is -0.504. The topological polar surface area (TPSA) is 79.4 Å². The Kier molecular flexibility index (Phi) is 5.87. The highest BCUT2D eigenvalue weighted by Crippen LogP contribution is 2.24. The molecule has 0 atom stereocenters. The van der Waals surface area contributed by atoms with Crippen LogP contribution in [0.5, 0.6) is 0 Å². The summed E-state index contributed by atoms with van der Waals surface area (Å²) in [5.41, 5.74) is 1.99. The van der Waals surface area contributed by atoms with Crippen LogP contribution >= 0.6 is 22.9 Å². The minimum absolute atomic E-state index is 0.306. The number of nitrogens with one attached hydrogen (secondary N) is 1. The molecule has 28 heavy (non-hydrogen) atoms. The molecule has 142 valence electrons. The van der Waals surface area contributed by atoms with Crippen molar-refractivity contribution in [3.05, 3.63) is 76.3 Å². The number of rotatable bonds is 6. The van der Waals surface area contributed by atoms with Crippen LogP contribution in [0.25, 0.3) is 5.57 Å². The summed E-state index contributed by atoms with van der Waals surface area (Å²) in [6.07, 6.45) is 5.13. The normalized spacial score (nSPS) is 14.3. The Bertz CT molecular complexity index is 1000. The van der Waals surface area contributed by atoms with E-state index < -0.39 is 17.7 Å². The highest BCUT2D eigenvalue weighted by atomic mass is 35.5. The summed E-state index contributed by atoms with van der Waals surface area (Å²) in [6.45, 7) is 5.12. The van der Waals surface area contributed by atoms with E-state index in [2.05, 4.69) is 16.9 Å². The summed E-state index contributed by atoms with van der Waals surface area (Å²) < 4.78 is 0. The fourth-order valence-corrected chi connectivity index (χ4v) is 3.41. The highest BCUT2D eigenvalue weighted by Gasteiger charge is 2.36. The van der Waals surface area contributed by atoms with Crippen LogP contribution in [0.2, 0.25) is 0 Å². The fourth-order valence-electron chi connectivity index (χ4n) is 2.61. The van der Waals surface area contributed by atoms with E-state index in [1.54, 1.807) is 54.8 Å². The number of allylic oxidation sites excluding steroid dienone is 5. The molecule has 0 aliphatic carbocycles. The first-order valence-electron chi connectivity index (χ1n) is 8.28. The van der Waals surface area contributed by atoms with Gasteiger partial charge in [-0.3, -0.25) is 19.3 Å². The predicted molar refractivity (Wildman–Crippen MR) is 110 cm³/mol.